The number of aromatic nitrogens is 2. The second kappa shape index (κ2) is 8.59. The molecule has 1 aliphatic heterocycles. The maximum absolute atomic E-state index is 13.4. The minimum Gasteiger partial charge on any atom is -0.467 e. The third-order valence-electron chi connectivity index (χ3n) is 6.30. The van der Waals surface area contributed by atoms with Crippen LogP contribution in [0.25, 0.3) is 16.6 Å². The highest BCUT2D eigenvalue weighted by Gasteiger charge is 2.35. The third kappa shape index (κ3) is 3.65. The Labute approximate surface area is 196 Å². The molecule has 0 fully saturated rings. The second-order valence-electron chi connectivity index (χ2n) is 8.31. The summed E-state index contributed by atoms with van der Waals surface area (Å²) in [7, 11) is 1.33. The minimum atomic E-state index is -0.693. The molecule has 4 aromatic rings. The van der Waals surface area contributed by atoms with Crippen molar-refractivity contribution >= 4 is 22.8 Å². The van der Waals surface area contributed by atoms with Crippen LogP contribution >= 0.6 is 0 Å². The van der Waals surface area contributed by atoms with E-state index < -0.39 is 12.0 Å². The van der Waals surface area contributed by atoms with Gasteiger partial charge in [0, 0.05) is 18.5 Å². The summed E-state index contributed by atoms with van der Waals surface area (Å²) in [5.74, 6) is -0.151. The molecule has 7 nitrogen and oxygen atoms in total. The van der Waals surface area contributed by atoms with E-state index >= 15 is 0 Å². The first-order valence-electron chi connectivity index (χ1n) is 11.0. The van der Waals surface area contributed by atoms with Crippen LogP contribution in [0.5, 0.6) is 0 Å². The normalized spacial score (nSPS) is 15.1. The van der Waals surface area contributed by atoms with Crippen LogP contribution in [0.4, 0.5) is 0 Å². The number of aryl methyl sites for hydroxylation is 1. The van der Waals surface area contributed by atoms with Gasteiger partial charge < -0.3 is 9.64 Å². The van der Waals surface area contributed by atoms with Gasteiger partial charge in [-0.15, -0.1) is 0 Å². The molecule has 0 N–H and O–H groups in total. The van der Waals surface area contributed by atoms with E-state index in [2.05, 4.69) is 4.98 Å². The molecule has 0 radical (unpaired) electrons. The summed E-state index contributed by atoms with van der Waals surface area (Å²) in [6, 6.07) is 21.1. The monoisotopic (exact) mass is 453 g/mol. The van der Waals surface area contributed by atoms with Crippen LogP contribution < -0.4 is 5.56 Å². The molecule has 0 bridgehead atoms. The number of hydrogen-bond donors (Lipinski definition) is 0. The SMILES string of the molecule is COC(=O)C1Cc2ccccc2CN1C(=O)c1ccc(-n2c(C)nc3ccccc3c2=O)cc1. The number of benzene rings is 3. The maximum Gasteiger partial charge on any atom is 0.328 e. The second-order valence-corrected chi connectivity index (χ2v) is 8.31. The van der Waals surface area contributed by atoms with Crippen LogP contribution in [0.15, 0.2) is 77.6 Å². The van der Waals surface area contributed by atoms with Crippen molar-refractivity contribution in [1.29, 1.82) is 0 Å². The summed E-state index contributed by atoms with van der Waals surface area (Å²) in [6.07, 6.45) is 0.407. The van der Waals surface area contributed by atoms with Gasteiger partial charge in [-0.05, 0) is 54.4 Å². The molecule has 2 heterocycles. The average Bonchev–Trinajstić information content (AvgIpc) is 2.87. The predicted octanol–water partition coefficient (Wildman–Crippen LogP) is 3.43. The van der Waals surface area contributed by atoms with Crippen molar-refractivity contribution < 1.29 is 14.3 Å². The first-order chi connectivity index (χ1) is 16.5. The summed E-state index contributed by atoms with van der Waals surface area (Å²) in [5, 5.41) is 0.529. The Hall–Kier alpha value is -4.26. The topological polar surface area (TPSA) is 81.5 Å². The zero-order valence-corrected chi connectivity index (χ0v) is 18.9. The van der Waals surface area contributed by atoms with Crippen LogP contribution in [-0.4, -0.2) is 39.5 Å². The molecule has 1 atom stereocenters. The number of fused-ring (bicyclic) bond motifs is 2. The summed E-state index contributed by atoms with van der Waals surface area (Å²) in [4.78, 5) is 45.1. The van der Waals surface area contributed by atoms with Crippen molar-refractivity contribution in [1.82, 2.24) is 14.5 Å². The molecule has 1 aromatic heterocycles. The summed E-state index contributed by atoms with van der Waals surface area (Å²) >= 11 is 0. The van der Waals surface area contributed by atoms with Crippen LogP contribution in [0.2, 0.25) is 0 Å². The number of ether oxygens (including phenoxy) is 1. The molecule has 0 aliphatic carbocycles. The van der Waals surface area contributed by atoms with Gasteiger partial charge in [0.1, 0.15) is 11.9 Å². The fraction of sp³-hybridized carbons (Fsp3) is 0.185. The Morgan fingerprint density at radius 3 is 2.35 bits per heavy atom. The molecule has 1 aliphatic rings. The average molecular weight is 453 g/mol. The van der Waals surface area contributed by atoms with Gasteiger partial charge in [-0.3, -0.25) is 14.2 Å². The van der Waals surface area contributed by atoms with E-state index in [0.717, 1.165) is 11.1 Å². The highest BCUT2D eigenvalue weighted by molar-refractivity contribution is 5.97. The maximum atomic E-state index is 13.4. The van der Waals surface area contributed by atoms with Gasteiger partial charge in [-0.2, -0.15) is 0 Å². The molecule has 0 saturated carbocycles. The highest BCUT2D eigenvalue weighted by Crippen LogP contribution is 2.26. The van der Waals surface area contributed by atoms with E-state index in [-0.39, 0.29) is 11.5 Å². The van der Waals surface area contributed by atoms with Crippen LogP contribution in [0.1, 0.15) is 27.3 Å². The molecular formula is C27H23N3O4. The summed E-state index contributed by atoms with van der Waals surface area (Å²) in [6.45, 7) is 2.10. The number of esters is 1. The number of para-hydroxylation sites is 1. The van der Waals surface area contributed by atoms with E-state index in [1.54, 1.807) is 48.2 Å². The number of carbonyl (C=O) groups excluding carboxylic acids is 2. The quantitative estimate of drug-likeness (QED) is 0.444. The van der Waals surface area contributed by atoms with Gasteiger partial charge in [-0.25, -0.2) is 9.78 Å². The van der Waals surface area contributed by atoms with E-state index in [1.165, 1.54) is 11.7 Å². The van der Waals surface area contributed by atoms with Gasteiger partial charge >= 0.3 is 5.97 Å². The lowest BCUT2D eigenvalue weighted by Gasteiger charge is -2.35. The summed E-state index contributed by atoms with van der Waals surface area (Å²) in [5.41, 5.74) is 3.57. The van der Waals surface area contributed by atoms with Crippen LogP contribution in [-0.2, 0) is 22.5 Å². The smallest absolute Gasteiger partial charge is 0.328 e. The molecule has 5 rings (SSSR count). The lowest BCUT2D eigenvalue weighted by atomic mass is 9.93. The fourth-order valence-corrected chi connectivity index (χ4v) is 4.55. The van der Waals surface area contributed by atoms with Crippen molar-refractivity contribution in [3.8, 4) is 5.69 Å². The Bertz CT molecular complexity index is 1470. The van der Waals surface area contributed by atoms with Crippen molar-refractivity contribution in [3.05, 3.63) is 106 Å². The van der Waals surface area contributed by atoms with E-state index in [4.69, 9.17) is 4.74 Å². The van der Waals surface area contributed by atoms with Gasteiger partial charge in [0.15, 0.2) is 0 Å². The van der Waals surface area contributed by atoms with Crippen molar-refractivity contribution in [2.24, 2.45) is 0 Å². The summed E-state index contributed by atoms with van der Waals surface area (Å²) < 4.78 is 6.51. The number of carbonyl (C=O) groups is 2. The number of rotatable bonds is 3. The molecule has 34 heavy (non-hydrogen) atoms. The Morgan fingerprint density at radius 1 is 0.941 bits per heavy atom. The van der Waals surface area contributed by atoms with Gasteiger partial charge in [0.2, 0.25) is 0 Å². The molecule has 3 aromatic carbocycles. The molecule has 170 valence electrons. The van der Waals surface area contributed by atoms with E-state index in [1.807, 2.05) is 36.4 Å². The van der Waals surface area contributed by atoms with E-state index in [0.29, 0.717) is 40.9 Å². The zero-order valence-electron chi connectivity index (χ0n) is 18.9. The van der Waals surface area contributed by atoms with Crippen molar-refractivity contribution in [2.75, 3.05) is 7.11 Å². The fourth-order valence-electron chi connectivity index (χ4n) is 4.55. The first-order valence-corrected chi connectivity index (χ1v) is 11.0. The van der Waals surface area contributed by atoms with E-state index in [9.17, 15) is 14.4 Å². The molecule has 7 heteroatoms. The molecular weight excluding hydrogens is 430 g/mol. The largest absolute Gasteiger partial charge is 0.467 e. The van der Waals surface area contributed by atoms with Crippen LogP contribution in [0.3, 0.4) is 0 Å². The molecule has 1 unspecified atom stereocenters. The first kappa shape index (κ1) is 21.6. The molecule has 0 spiro atoms. The predicted molar refractivity (Wildman–Crippen MR) is 128 cm³/mol. The number of hydrogen-bond acceptors (Lipinski definition) is 5. The zero-order chi connectivity index (χ0) is 23.8. The third-order valence-corrected chi connectivity index (χ3v) is 6.30. The lowest BCUT2D eigenvalue weighted by Crippen LogP contribution is -2.49. The Balaban J connectivity index is 1.49. The van der Waals surface area contributed by atoms with Gasteiger partial charge in [0.25, 0.3) is 11.5 Å². The number of methoxy groups -OCH3 is 1. The number of amides is 1. The molecule has 0 saturated heterocycles. The number of nitrogens with zero attached hydrogens (tertiary/aromatic N) is 3. The van der Waals surface area contributed by atoms with Crippen molar-refractivity contribution in [3.63, 3.8) is 0 Å². The standard InChI is InChI=1S/C27H23N3O4/c1-17-28-23-10-6-5-9-22(23)26(32)30(17)21-13-11-18(12-14-21)25(31)29-16-20-8-4-3-7-19(20)15-24(29)27(33)34-2/h3-14,24H,15-16H2,1-2H3. The Kier molecular flexibility index (Phi) is 5.45. The minimum absolute atomic E-state index is 0.166. The van der Waals surface area contributed by atoms with Gasteiger partial charge in [-0.1, -0.05) is 36.4 Å². The highest BCUT2D eigenvalue weighted by atomic mass is 16.5. The van der Waals surface area contributed by atoms with Crippen LogP contribution in [0, 0.1) is 6.92 Å². The van der Waals surface area contributed by atoms with Crippen molar-refractivity contribution in [2.45, 2.75) is 25.9 Å². The molecule has 1 amide bonds. The lowest BCUT2D eigenvalue weighted by molar-refractivity contribution is -0.146. The van der Waals surface area contributed by atoms with Gasteiger partial charge in [0.05, 0.1) is 23.7 Å². The Morgan fingerprint density at radius 2 is 1.62 bits per heavy atom.